The molecule has 0 N–H and O–H groups in total. The zero-order valence-electron chi connectivity index (χ0n) is 23.6. The van der Waals surface area contributed by atoms with E-state index in [1.54, 1.807) is 9.80 Å². The number of nitriles is 1. The van der Waals surface area contributed by atoms with Crippen LogP contribution in [0.3, 0.4) is 0 Å². The predicted octanol–water partition coefficient (Wildman–Crippen LogP) is 2.84. The van der Waals surface area contributed by atoms with Crippen molar-refractivity contribution in [2.45, 2.75) is 94.9 Å². The lowest BCUT2D eigenvalue weighted by molar-refractivity contribution is -0.202. The van der Waals surface area contributed by atoms with Crippen LogP contribution in [0.4, 0.5) is 4.79 Å². The zero-order chi connectivity index (χ0) is 28.5. The topological polar surface area (TPSA) is 135 Å². The largest absolute Gasteiger partial charge is 0.444 e. The molecule has 5 fully saturated rings. The van der Waals surface area contributed by atoms with Gasteiger partial charge in [0, 0.05) is 6.54 Å². The number of hydrogen-bond donors (Lipinski definition) is 0. The first kappa shape index (κ1) is 30.0. The third-order valence-corrected chi connectivity index (χ3v) is 8.93. The van der Waals surface area contributed by atoms with E-state index in [0.717, 1.165) is 44.8 Å². The van der Waals surface area contributed by atoms with Gasteiger partial charge >= 0.3 is 6.09 Å². The van der Waals surface area contributed by atoms with E-state index in [9.17, 15) is 23.3 Å². The summed E-state index contributed by atoms with van der Waals surface area (Å²) in [5.41, 5.74) is -1.67. The van der Waals surface area contributed by atoms with Crippen molar-refractivity contribution in [2.75, 3.05) is 45.8 Å². The Labute approximate surface area is 232 Å². The standard InChI is InChI=1S/C27H43N3O8S/c1-25(2,3)38-24(32)30(18-23(31)29-7-5-6-22(29)17-28)26-13-20-12-21(14-26)16-27(15-20,19-26)36-10-8-35-9-11-37-39(4,33)34/h20-22H,5-16,18-19H2,1-4H3/t20-,21?,22-,26?,27?/m0/s1. The highest BCUT2D eigenvalue weighted by molar-refractivity contribution is 7.85. The van der Waals surface area contributed by atoms with Crippen LogP contribution in [0.5, 0.6) is 0 Å². The van der Waals surface area contributed by atoms with Crippen LogP contribution in [-0.2, 0) is 33.3 Å². The summed E-state index contributed by atoms with van der Waals surface area (Å²) in [7, 11) is -3.50. The number of amides is 2. The lowest BCUT2D eigenvalue weighted by atomic mass is 9.50. The molecule has 5 atom stereocenters. The van der Waals surface area contributed by atoms with Gasteiger partial charge < -0.3 is 19.1 Å². The summed E-state index contributed by atoms with van der Waals surface area (Å²) in [6, 6.07) is 1.77. The summed E-state index contributed by atoms with van der Waals surface area (Å²) in [6.45, 7) is 6.64. The molecule has 4 aliphatic carbocycles. The van der Waals surface area contributed by atoms with Crippen molar-refractivity contribution in [2.24, 2.45) is 11.8 Å². The first-order chi connectivity index (χ1) is 18.2. The molecule has 12 heteroatoms. The zero-order valence-corrected chi connectivity index (χ0v) is 24.5. The smallest absolute Gasteiger partial charge is 0.411 e. The molecule has 4 saturated carbocycles. The predicted molar refractivity (Wildman–Crippen MR) is 141 cm³/mol. The van der Waals surface area contributed by atoms with Crippen molar-refractivity contribution in [1.29, 1.82) is 5.26 Å². The van der Waals surface area contributed by atoms with E-state index in [-0.39, 0.29) is 25.7 Å². The van der Waals surface area contributed by atoms with Crippen molar-refractivity contribution in [3.63, 3.8) is 0 Å². The van der Waals surface area contributed by atoms with Gasteiger partial charge in [-0.25, -0.2) is 4.79 Å². The van der Waals surface area contributed by atoms with E-state index < -0.39 is 39.0 Å². The van der Waals surface area contributed by atoms with Crippen molar-refractivity contribution in [3.8, 4) is 6.07 Å². The van der Waals surface area contributed by atoms with Crippen molar-refractivity contribution in [1.82, 2.24) is 9.80 Å². The maximum Gasteiger partial charge on any atom is 0.411 e. The molecule has 3 unspecified atom stereocenters. The maximum absolute atomic E-state index is 13.7. The van der Waals surface area contributed by atoms with E-state index >= 15 is 0 Å². The second kappa shape index (κ2) is 11.5. The Morgan fingerprint density at radius 2 is 1.74 bits per heavy atom. The highest BCUT2D eigenvalue weighted by Crippen LogP contribution is 2.61. The van der Waals surface area contributed by atoms with Crippen LogP contribution in [0.2, 0.25) is 0 Å². The number of nitrogens with zero attached hydrogens (tertiary/aromatic N) is 3. The van der Waals surface area contributed by atoms with Gasteiger partial charge in [-0.15, -0.1) is 0 Å². The molecule has 0 aromatic rings. The Kier molecular flexibility index (Phi) is 8.86. The molecule has 5 aliphatic rings. The van der Waals surface area contributed by atoms with Gasteiger partial charge in [0.25, 0.3) is 10.1 Å². The van der Waals surface area contributed by atoms with Gasteiger partial charge in [0.05, 0.1) is 49.9 Å². The average molecular weight is 570 g/mol. The minimum atomic E-state index is -3.50. The first-order valence-corrected chi connectivity index (χ1v) is 15.8. The molecule has 39 heavy (non-hydrogen) atoms. The first-order valence-electron chi connectivity index (χ1n) is 14.0. The monoisotopic (exact) mass is 569 g/mol. The molecule has 1 heterocycles. The van der Waals surface area contributed by atoms with Crippen LogP contribution in [0.15, 0.2) is 0 Å². The van der Waals surface area contributed by atoms with E-state index in [2.05, 4.69) is 6.07 Å². The van der Waals surface area contributed by atoms with Crippen LogP contribution in [-0.4, -0.2) is 98.8 Å². The molecule has 0 spiro atoms. The lowest BCUT2D eigenvalue weighted by Crippen LogP contribution is -2.68. The Hall–Kier alpha value is -1.94. The van der Waals surface area contributed by atoms with Gasteiger partial charge in [0.1, 0.15) is 18.2 Å². The van der Waals surface area contributed by atoms with Gasteiger partial charge in [-0.05, 0) is 84.0 Å². The number of carbonyl (C=O) groups excluding carboxylic acids is 2. The number of likely N-dealkylation sites (tertiary alicyclic amines) is 1. The SMILES string of the molecule is CC(C)(C)OC(=O)N(CC(=O)N1CCC[C@H]1C#N)C12CC3C[C@H](CC(OCCOCCOS(C)(=O)=O)(C3)C1)C2. The molecule has 220 valence electrons. The Morgan fingerprint density at radius 1 is 1.08 bits per heavy atom. The molecular weight excluding hydrogens is 526 g/mol. The van der Waals surface area contributed by atoms with Crippen LogP contribution >= 0.6 is 0 Å². The van der Waals surface area contributed by atoms with Crippen LogP contribution < -0.4 is 0 Å². The van der Waals surface area contributed by atoms with Gasteiger partial charge in [-0.1, -0.05) is 0 Å². The van der Waals surface area contributed by atoms with Crippen LogP contribution in [0.25, 0.3) is 0 Å². The molecule has 4 bridgehead atoms. The molecule has 0 radical (unpaired) electrons. The van der Waals surface area contributed by atoms with Gasteiger partial charge in [-0.3, -0.25) is 13.9 Å². The number of ether oxygens (including phenoxy) is 3. The summed E-state index contributed by atoms with van der Waals surface area (Å²) in [6.07, 6.45) is 7.08. The highest BCUT2D eigenvalue weighted by Gasteiger charge is 2.62. The van der Waals surface area contributed by atoms with Gasteiger partial charge in [-0.2, -0.15) is 13.7 Å². The molecule has 11 nitrogen and oxygen atoms in total. The quantitative estimate of drug-likeness (QED) is 0.272. The molecular formula is C27H43N3O8S. The normalized spacial score (nSPS) is 31.8. The number of rotatable bonds is 11. The minimum absolute atomic E-state index is 0.0419. The molecule has 1 aliphatic heterocycles. The summed E-state index contributed by atoms with van der Waals surface area (Å²) < 4.78 is 44.7. The van der Waals surface area contributed by atoms with E-state index in [1.165, 1.54) is 0 Å². The highest BCUT2D eigenvalue weighted by atomic mass is 32.2. The fourth-order valence-corrected chi connectivity index (χ4v) is 7.82. The van der Waals surface area contributed by atoms with E-state index in [4.69, 9.17) is 18.4 Å². The van der Waals surface area contributed by atoms with Crippen LogP contribution in [0, 0.1) is 23.2 Å². The van der Waals surface area contributed by atoms with E-state index in [1.807, 2.05) is 20.8 Å². The number of carbonyl (C=O) groups is 2. The molecule has 2 amide bonds. The van der Waals surface area contributed by atoms with Crippen molar-refractivity contribution < 1.29 is 36.4 Å². The number of hydrogen-bond acceptors (Lipinski definition) is 9. The fourth-order valence-electron chi connectivity index (χ4n) is 7.45. The molecule has 0 aromatic carbocycles. The molecule has 5 rings (SSSR count). The minimum Gasteiger partial charge on any atom is -0.444 e. The summed E-state index contributed by atoms with van der Waals surface area (Å²) >= 11 is 0. The van der Waals surface area contributed by atoms with Crippen molar-refractivity contribution in [3.05, 3.63) is 0 Å². The summed E-state index contributed by atoms with van der Waals surface area (Å²) in [5, 5.41) is 9.52. The second-order valence-corrected chi connectivity index (χ2v) is 14.4. The summed E-state index contributed by atoms with van der Waals surface area (Å²) in [4.78, 5) is 30.4. The Morgan fingerprint density at radius 3 is 2.36 bits per heavy atom. The Balaban J connectivity index is 1.46. The molecule has 1 saturated heterocycles. The molecule has 0 aromatic heterocycles. The lowest BCUT2D eigenvalue weighted by Gasteiger charge is -2.64. The maximum atomic E-state index is 13.7. The Bertz CT molecular complexity index is 1050. The third-order valence-electron chi connectivity index (χ3n) is 8.34. The van der Waals surface area contributed by atoms with Gasteiger partial charge in [0.2, 0.25) is 5.91 Å². The second-order valence-electron chi connectivity index (χ2n) is 12.8. The van der Waals surface area contributed by atoms with Gasteiger partial charge in [0.15, 0.2) is 0 Å². The van der Waals surface area contributed by atoms with E-state index in [0.29, 0.717) is 44.4 Å². The third kappa shape index (κ3) is 7.43. The fraction of sp³-hybridized carbons (Fsp3) is 0.889. The van der Waals surface area contributed by atoms with Crippen LogP contribution in [0.1, 0.15) is 72.1 Å². The van der Waals surface area contributed by atoms with Crippen molar-refractivity contribution >= 4 is 22.1 Å². The summed E-state index contributed by atoms with van der Waals surface area (Å²) in [5.74, 6) is 0.559. The average Bonchev–Trinajstić information content (AvgIpc) is 3.28.